The summed E-state index contributed by atoms with van der Waals surface area (Å²) in [6.07, 6.45) is 21.3. The van der Waals surface area contributed by atoms with E-state index in [1.807, 2.05) is 60.7 Å². The van der Waals surface area contributed by atoms with E-state index in [1.54, 1.807) is 0 Å². The van der Waals surface area contributed by atoms with Gasteiger partial charge in [-0.25, -0.2) is 24.3 Å². The average molecular weight is 454 g/mol. The van der Waals surface area contributed by atoms with Crippen LogP contribution >= 0.6 is 0 Å². The van der Waals surface area contributed by atoms with Gasteiger partial charge in [0.15, 0.2) is 0 Å². The van der Waals surface area contributed by atoms with E-state index in [-0.39, 0.29) is 26.2 Å². The smallest absolute Gasteiger partial charge is 0.373 e. The van der Waals surface area contributed by atoms with Gasteiger partial charge in [-0.1, -0.05) is 58.8 Å². The summed E-state index contributed by atoms with van der Waals surface area (Å²) in [7, 11) is 0. The zero-order valence-corrected chi connectivity index (χ0v) is 20.5. The van der Waals surface area contributed by atoms with Crippen molar-refractivity contribution >= 4 is 0 Å². The molecule has 28 heavy (non-hydrogen) atoms. The zero-order chi connectivity index (χ0) is 19.4. The zero-order valence-electron chi connectivity index (χ0n) is 18.1. The van der Waals surface area contributed by atoms with Gasteiger partial charge in [-0.15, -0.1) is 25.7 Å². The Hall–Kier alpha value is -0.937. The maximum Gasteiger partial charge on any atom is 4.00 e. The monoisotopic (exact) mass is 452 g/mol. The molecular formula is C27H38Zr. The Morgan fingerprint density at radius 1 is 0.679 bits per heavy atom. The maximum absolute atomic E-state index is 3.66. The van der Waals surface area contributed by atoms with E-state index in [9.17, 15) is 0 Å². The molecular weight excluding hydrogens is 416 g/mol. The summed E-state index contributed by atoms with van der Waals surface area (Å²) in [5.41, 5.74) is 3.01. The molecule has 3 rings (SSSR count). The van der Waals surface area contributed by atoms with Gasteiger partial charge in [-0.3, -0.25) is 0 Å². The Balaban J connectivity index is 0.000000535. The molecule has 1 heteroatoms. The summed E-state index contributed by atoms with van der Waals surface area (Å²) < 4.78 is 0. The van der Waals surface area contributed by atoms with Gasteiger partial charge < -0.3 is 23.3 Å². The molecule has 1 saturated carbocycles. The molecule has 0 bridgehead atoms. The van der Waals surface area contributed by atoms with Gasteiger partial charge in [0.2, 0.25) is 0 Å². The third-order valence-corrected chi connectivity index (χ3v) is 4.57. The summed E-state index contributed by atoms with van der Waals surface area (Å²) in [6, 6.07) is 20.0. The van der Waals surface area contributed by atoms with Crippen LogP contribution in [0.3, 0.4) is 0 Å². The first-order valence-electron chi connectivity index (χ1n) is 10.9. The first-order valence-corrected chi connectivity index (χ1v) is 10.9. The number of rotatable bonds is 6. The number of allylic oxidation sites excluding steroid dienone is 4. The SMILES string of the molecule is CCCC[C-]=C1CCCCCC1=[C-]CCCC.[Zr+4].c1cc[cH-]c1.c1cc[cH-]c1. The van der Waals surface area contributed by atoms with Gasteiger partial charge in [0.05, 0.1) is 0 Å². The van der Waals surface area contributed by atoms with E-state index >= 15 is 0 Å². The van der Waals surface area contributed by atoms with Crippen LogP contribution in [0.2, 0.25) is 0 Å². The van der Waals surface area contributed by atoms with Crippen LogP contribution < -0.4 is 0 Å². The second-order valence-corrected chi connectivity index (χ2v) is 7.00. The summed E-state index contributed by atoms with van der Waals surface area (Å²) >= 11 is 0. The Morgan fingerprint density at radius 3 is 1.36 bits per heavy atom. The van der Waals surface area contributed by atoms with Crippen LogP contribution in [0.4, 0.5) is 0 Å². The third-order valence-electron chi connectivity index (χ3n) is 4.57. The quantitative estimate of drug-likeness (QED) is 0.233. The van der Waals surface area contributed by atoms with E-state index in [4.69, 9.17) is 0 Å². The van der Waals surface area contributed by atoms with Crippen molar-refractivity contribution in [3.8, 4) is 0 Å². The van der Waals surface area contributed by atoms with Crippen molar-refractivity contribution in [3.63, 3.8) is 0 Å². The van der Waals surface area contributed by atoms with Crippen LogP contribution in [-0.2, 0) is 26.2 Å². The topological polar surface area (TPSA) is 0 Å². The van der Waals surface area contributed by atoms with Crippen molar-refractivity contribution in [2.24, 2.45) is 0 Å². The van der Waals surface area contributed by atoms with Gasteiger partial charge in [-0.2, -0.15) is 36.4 Å². The van der Waals surface area contributed by atoms with E-state index in [0.717, 1.165) is 12.8 Å². The van der Waals surface area contributed by atoms with Crippen molar-refractivity contribution in [1.29, 1.82) is 0 Å². The Kier molecular flexibility index (Phi) is 20.1. The van der Waals surface area contributed by atoms with Crippen LogP contribution in [0.5, 0.6) is 0 Å². The molecule has 0 unspecified atom stereocenters. The van der Waals surface area contributed by atoms with Crippen LogP contribution in [0.15, 0.2) is 71.8 Å². The summed E-state index contributed by atoms with van der Waals surface area (Å²) in [5, 5.41) is 0. The van der Waals surface area contributed by atoms with Crippen molar-refractivity contribution in [2.45, 2.75) is 84.5 Å². The second-order valence-electron chi connectivity index (χ2n) is 7.00. The van der Waals surface area contributed by atoms with Gasteiger partial charge in [-0.05, 0) is 0 Å². The number of hydrogen-bond donors (Lipinski definition) is 0. The standard InChI is InChI=1S/C17H28.2C5H5.Zr/c1-3-5-8-12-16-14-10-7-11-15-17(16)13-9-6-4-2;2*1-2-4-5-3-1;/h3-11,14-15H2,1-2H3;2*1-5H;/q-2;2*-1;+4. The molecule has 1 aliphatic rings. The fourth-order valence-electron chi connectivity index (χ4n) is 2.95. The predicted molar refractivity (Wildman–Crippen MR) is 120 cm³/mol. The summed E-state index contributed by atoms with van der Waals surface area (Å²) in [6.45, 7) is 4.51. The minimum Gasteiger partial charge on any atom is -0.373 e. The fraction of sp³-hybridized carbons (Fsp3) is 0.481. The predicted octanol–water partition coefficient (Wildman–Crippen LogP) is 8.60. The maximum atomic E-state index is 3.66. The molecule has 0 saturated heterocycles. The average Bonchev–Trinajstić information content (AvgIpc) is 3.41. The molecule has 1 fully saturated rings. The minimum absolute atomic E-state index is 0. The van der Waals surface area contributed by atoms with Crippen LogP contribution in [0.1, 0.15) is 84.5 Å². The van der Waals surface area contributed by atoms with Crippen molar-refractivity contribution < 1.29 is 26.2 Å². The summed E-state index contributed by atoms with van der Waals surface area (Å²) in [5.74, 6) is 0. The molecule has 0 amide bonds. The Bertz CT molecular complexity index is 471. The van der Waals surface area contributed by atoms with Crippen molar-refractivity contribution in [3.05, 3.63) is 84.0 Å². The van der Waals surface area contributed by atoms with Gasteiger partial charge in [0.1, 0.15) is 0 Å². The molecule has 0 aromatic heterocycles. The molecule has 0 atom stereocenters. The molecule has 1 aliphatic carbocycles. The normalized spacial score (nSPS) is 16.2. The van der Waals surface area contributed by atoms with Crippen LogP contribution in [0, 0.1) is 12.2 Å². The molecule has 0 heterocycles. The molecule has 2 aromatic rings. The fourth-order valence-corrected chi connectivity index (χ4v) is 2.95. The van der Waals surface area contributed by atoms with E-state index in [2.05, 4.69) is 26.0 Å². The first-order chi connectivity index (χ1) is 13.4. The van der Waals surface area contributed by atoms with E-state index in [0.29, 0.717) is 0 Å². The number of hydrogen-bond acceptors (Lipinski definition) is 0. The molecule has 0 radical (unpaired) electrons. The molecule has 150 valence electrons. The third kappa shape index (κ3) is 15.0. The van der Waals surface area contributed by atoms with Gasteiger partial charge in [0.25, 0.3) is 0 Å². The Labute approximate surface area is 194 Å². The van der Waals surface area contributed by atoms with Crippen LogP contribution in [0.25, 0.3) is 0 Å². The molecule has 0 aliphatic heterocycles. The molecule has 2 aromatic carbocycles. The van der Waals surface area contributed by atoms with Crippen LogP contribution in [-0.4, -0.2) is 0 Å². The molecule has 0 N–H and O–H groups in total. The van der Waals surface area contributed by atoms with E-state index < -0.39 is 0 Å². The van der Waals surface area contributed by atoms with Gasteiger partial charge >= 0.3 is 26.2 Å². The largest absolute Gasteiger partial charge is 4.00 e. The van der Waals surface area contributed by atoms with Gasteiger partial charge in [0, 0.05) is 0 Å². The second kappa shape index (κ2) is 20.8. The van der Waals surface area contributed by atoms with Crippen molar-refractivity contribution in [2.75, 3.05) is 0 Å². The summed E-state index contributed by atoms with van der Waals surface area (Å²) in [4.78, 5) is 0. The minimum atomic E-state index is 0. The Morgan fingerprint density at radius 2 is 1.07 bits per heavy atom. The molecule has 0 spiro atoms. The number of unbranched alkanes of at least 4 members (excludes halogenated alkanes) is 4. The molecule has 0 nitrogen and oxygen atoms in total. The first kappa shape index (κ1) is 27.1. The van der Waals surface area contributed by atoms with E-state index in [1.165, 1.54) is 68.9 Å². The van der Waals surface area contributed by atoms with Crippen molar-refractivity contribution in [1.82, 2.24) is 0 Å².